The molecule has 1 aromatic carbocycles. The Labute approximate surface area is 120 Å². The molecule has 1 rings (SSSR count). The Morgan fingerprint density at radius 1 is 1.30 bits per heavy atom. The highest BCUT2D eigenvalue weighted by molar-refractivity contribution is 5.95. The average molecular weight is 281 g/mol. The van der Waals surface area contributed by atoms with Gasteiger partial charge in [0.15, 0.2) is 0 Å². The second-order valence-electron chi connectivity index (χ2n) is 4.79. The molecule has 0 aliphatic heterocycles. The van der Waals surface area contributed by atoms with Crippen molar-refractivity contribution in [2.45, 2.75) is 20.8 Å². The number of esters is 1. The lowest BCUT2D eigenvalue weighted by molar-refractivity contribution is 0.0526. The van der Waals surface area contributed by atoms with E-state index in [-0.39, 0.29) is 0 Å². The van der Waals surface area contributed by atoms with Gasteiger partial charge in [0.2, 0.25) is 0 Å². The van der Waals surface area contributed by atoms with Crippen LogP contribution in [0.15, 0.2) is 18.2 Å². The minimum absolute atomic E-state index is 0.312. The molecule has 0 aliphatic rings. The zero-order chi connectivity index (χ0) is 15.0. The summed E-state index contributed by atoms with van der Waals surface area (Å²) in [4.78, 5) is 11.7. The third-order valence-corrected chi connectivity index (χ3v) is 2.47. The molecule has 0 amide bonds. The highest BCUT2D eigenvalue weighted by Crippen LogP contribution is 2.20. The van der Waals surface area contributed by atoms with Gasteiger partial charge >= 0.3 is 5.97 Å². The van der Waals surface area contributed by atoms with Crippen LogP contribution in [-0.4, -0.2) is 32.4 Å². The van der Waals surface area contributed by atoms with Crippen molar-refractivity contribution >= 4 is 11.7 Å². The summed E-state index contributed by atoms with van der Waals surface area (Å²) in [6, 6.07) is 4.95. The SMILES string of the molecule is CCOC(=O)c1cc(OCCOCC(C)C)ccc1N. The van der Waals surface area contributed by atoms with Crippen molar-refractivity contribution in [3.63, 3.8) is 0 Å². The molecule has 5 heteroatoms. The topological polar surface area (TPSA) is 70.8 Å². The van der Waals surface area contributed by atoms with Gasteiger partial charge in [-0.2, -0.15) is 0 Å². The molecule has 2 N–H and O–H groups in total. The minimum Gasteiger partial charge on any atom is -0.491 e. The molecule has 112 valence electrons. The molecule has 0 radical (unpaired) electrons. The highest BCUT2D eigenvalue weighted by Gasteiger charge is 2.12. The summed E-state index contributed by atoms with van der Waals surface area (Å²) in [5.41, 5.74) is 6.46. The van der Waals surface area contributed by atoms with Crippen LogP contribution in [-0.2, 0) is 9.47 Å². The fourth-order valence-corrected chi connectivity index (χ4v) is 1.55. The Morgan fingerprint density at radius 3 is 2.70 bits per heavy atom. The van der Waals surface area contributed by atoms with Crippen LogP contribution in [0.25, 0.3) is 0 Å². The van der Waals surface area contributed by atoms with Crippen LogP contribution in [0.1, 0.15) is 31.1 Å². The van der Waals surface area contributed by atoms with E-state index in [2.05, 4.69) is 13.8 Å². The first-order valence-corrected chi connectivity index (χ1v) is 6.81. The highest BCUT2D eigenvalue weighted by atomic mass is 16.5. The van der Waals surface area contributed by atoms with Crippen LogP contribution < -0.4 is 10.5 Å². The summed E-state index contributed by atoms with van der Waals surface area (Å²) < 4.78 is 15.9. The van der Waals surface area contributed by atoms with Crippen molar-refractivity contribution in [3.8, 4) is 5.75 Å². The summed E-state index contributed by atoms with van der Waals surface area (Å²) in [5.74, 6) is 0.642. The Kier molecular flexibility index (Phi) is 6.87. The Balaban J connectivity index is 2.50. The molecule has 0 saturated heterocycles. The van der Waals surface area contributed by atoms with E-state index in [1.165, 1.54) is 0 Å². The van der Waals surface area contributed by atoms with Gasteiger partial charge < -0.3 is 19.9 Å². The van der Waals surface area contributed by atoms with Crippen molar-refractivity contribution in [3.05, 3.63) is 23.8 Å². The second-order valence-corrected chi connectivity index (χ2v) is 4.79. The van der Waals surface area contributed by atoms with Gasteiger partial charge in [0, 0.05) is 12.3 Å². The van der Waals surface area contributed by atoms with E-state index < -0.39 is 5.97 Å². The largest absolute Gasteiger partial charge is 0.491 e. The van der Waals surface area contributed by atoms with E-state index in [0.717, 1.165) is 0 Å². The first kappa shape index (κ1) is 16.3. The quantitative estimate of drug-likeness (QED) is 0.450. The fraction of sp³-hybridized carbons (Fsp3) is 0.533. The van der Waals surface area contributed by atoms with Gasteiger partial charge in [-0.3, -0.25) is 0 Å². The molecule has 0 saturated carbocycles. The predicted octanol–water partition coefficient (Wildman–Crippen LogP) is 2.50. The van der Waals surface area contributed by atoms with Crippen molar-refractivity contribution < 1.29 is 19.0 Å². The lowest BCUT2D eigenvalue weighted by Gasteiger charge is -2.11. The summed E-state index contributed by atoms with van der Waals surface area (Å²) in [6.07, 6.45) is 0. The maximum atomic E-state index is 11.7. The van der Waals surface area contributed by atoms with Gasteiger partial charge in [-0.1, -0.05) is 13.8 Å². The number of ether oxygens (including phenoxy) is 3. The summed E-state index contributed by atoms with van der Waals surface area (Å²) in [6.45, 7) is 7.89. The number of hydrogen-bond acceptors (Lipinski definition) is 5. The monoisotopic (exact) mass is 281 g/mol. The van der Waals surface area contributed by atoms with E-state index in [4.69, 9.17) is 19.9 Å². The molecule has 0 atom stereocenters. The van der Waals surface area contributed by atoms with Crippen LogP contribution in [0.4, 0.5) is 5.69 Å². The van der Waals surface area contributed by atoms with E-state index in [1.807, 2.05) is 0 Å². The number of hydrogen-bond donors (Lipinski definition) is 1. The van der Waals surface area contributed by atoms with Gasteiger partial charge in [-0.05, 0) is 31.0 Å². The molecule has 0 aromatic heterocycles. The van der Waals surface area contributed by atoms with Gasteiger partial charge in [0.05, 0.1) is 18.8 Å². The van der Waals surface area contributed by atoms with Crippen LogP contribution in [0.5, 0.6) is 5.75 Å². The summed E-state index contributed by atoms with van der Waals surface area (Å²) in [7, 11) is 0. The zero-order valence-corrected chi connectivity index (χ0v) is 12.3. The molecule has 5 nitrogen and oxygen atoms in total. The van der Waals surface area contributed by atoms with E-state index in [0.29, 0.717) is 49.3 Å². The maximum absolute atomic E-state index is 11.7. The molecule has 20 heavy (non-hydrogen) atoms. The van der Waals surface area contributed by atoms with Gasteiger partial charge in [-0.15, -0.1) is 0 Å². The molecule has 0 bridgehead atoms. The number of rotatable bonds is 8. The molecule has 0 unspecified atom stereocenters. The van der Waals surface area contributed by atoms with Crippen LogP contribution >= 0.6 is 0 Å². The van der Waals surface area contributed by atoms with E-state index >= 15 is 0 Å². The number of carbonyl (C=O) groups excluding carboxylic acids is 1. The van der Waals surface area contributed by atoms with E-state index in [9.17, 15) is 4.79 Å². The van der Waals surface area contributed by atoms with Gasteiger partial charge in [-0.25, -0.2) is 4.79 Å². The Morgan fingerprint density at radius 2 is 2.05 bits per heavy atom. The summed E-state index contributed by atoms with van der Waals surface area (Å²) in [5, 5.41) is 0. The van der Waals surface area contributed by atoms with Crippen molar-refractivity contribution in [1.82, 2.24) is 0 Å². The number of benzene rings is 1. The van der Waals surface area contributed by atoms with Gasteiger partial charge in [0.1, 0.15) is 12.4 Å². The fourth-order valence-electron chi connectivity index (χ4n) is 1.55. The van der Waals surface area contributed by atoms with Crippen LogP contribution in [0.3, 0.4) is 0 Å². The molecule has 0 spiro atoms. The maximum Gasteiger partial charge on any atom is 0.340 e. The van der Waals surface area contributed by atoms with Crippen molar-refractivity contribution in [1.29, 1.82) is 0 Å². The number of anilines is 1. The first-order valence-electron chi connectivity index (χ1n) is 6.81. The third kappa shape index (κ3) is 5.48. The van der Waals surface area contributed by atoms with Crippen molar-refractivity contribution in [2.24, 2.45) is 5.92 Å². The molecule has 0 heterocycles. The number of nitrogens with two attached hydrogens (primary N) is 1. The molecular formula is C15H23NO4. The lowest BCUT2D eigenvalue weighted by atomic mass is 10.2. The average Bonchev–Trinajstić information content (AvgIpc) is 2.40. The zero-order valence-electron chi connectivity index (χ0n) is 12.3. The van der Waals surface area contributed by atoms with Crippen LogP contribution in [0, 0.1) is 5.92 Å². The lowest BCUT2D eigenvalue weighted by Crippen LogP contribution is -2.11. The molecule has 0 fully saturated rings. The number of nitrogen functional groups attached to an aromatic ring is 1. The van der Waals surface area contributed by atoms with E-state index in [1.54, 1.807) is 25.1 Å². The van der Waals surface area contributed by atoms with Crippen LogP contribution in [0.2, 0.25) is 0 Å². The molecule has 0 aliphatic carbocycles. The van der Waals surface area contributed by atoms with Crippen molar-refractivity contribution in [2.75, 3.05) is 32.2 Å². The normalized spacial score (nSPS) is 10.6. The Bertz CT molecular complexity index is 432. The number of carbonyl (C=O) groups is 1. The minimum atomic E-state index is -0.438. The summed E-state index contributed by atoms with van der Waals surface area (Å²) >= 11 is 0. The first-order chi connectivity index (χ1) is 9.54. The molecule has 1 aromatic rings. The van der Waals surface area contributed by atoms with Gasteiger partial charge in [0.25, 0.3) is 0 Å². The predicted molar refractivity (Wildman–Crippen MR) is 78.0 cm³/mol. The smallest absolute Gasteiger partial charge is 0.340 e. The Hall–Kier alpha value is -1.75. The third-order valence-electron chi connectivity index (χ3n) is 2.47. The standard InChI is InChI=1S/C15H23NO4/c1-4-19-15(17)13-9-12(5-6-14(13)16)20-8-7-18-10-11(2)3/h5-6,9,11H,4,7-8,10,16H2,1-3H3. The second kappa shape index (κ2) is 8.43. The molecular weight excluding hydrogens is 258 g/mol.